The smallest absolute Gasteiger partial charge is 0.257 e. The van der Waals surface area contributed by atoms with Crippen LogP contribution >= 0.6 is 0 Å². The lowest BCUT2D eigenvalue weighted by Gasteiger charge is -2.36. The average Bonchev–Trinajstić information content (AvgIpc) is 3.24. The molecule has 0 aliphatic carbocycles. The van der Waals surface area contributed by atoms with Gasteiger partial charge in [0.2, 0.25) is 5.91 Å². The number of carbonyl (C=O) groups excluding carboxylic acids is 1. The number of nitrogens with zero attached hydrogens (tertiary/aromatic N) is 4. The summed E-state index contributed by atoms with van der Waals surface area (Å²) in [5.74, 6) is 1.39. The molecule has 1 atom stereocenters. The van der Waals surface area contributed by atoms with Crippen molar-refractivity contribution in [2.45, 2.75) is 32.7 Å². The number of rotatable bonds is 6. The molecule has 4 rings (SSSR count). The molecule has 6 nitrogen and oxygen atoms in total. The van der Waals surface area contributed by atoms with Crippen LogP contribution in [0, 0.1) is 6.92 Å². The number of benzene rings is 2. The lowest BCUT2D eigenvalue weighted by atomic mass is 9.95. The van der Waals surface area contributed by atoms with Crippen LogP contribution in [0.5, 0.6) is 0 Å². The van der Waals surface area contributed by atoms with Crippen LogP contribution < -0.4 is 0 Å². The topological polar surface area (TPSA) is 62.5 Å². The van der Waals surface area contributed by atoms with Crippen molar-refractivity contribution in [2.24, 2.45) is 0 Å². The molecule has 2 heterocycles. The normalized spacial score (nSPS) is 15.9. The fourth-order valence-electron chi connectivity index (χ4n) is 3.92. The van der Waals surface area contributed by atoms with Gasteiger partial charge in [-0.15, -0.1) is 0 Å². The van der Waals surface area contributed by atoms with Gasteiger partial charge in [-0.25, -0.2) is 0 Å². The van der Waals surface area contributed by atoms with Crippen molar-refractivity contribution in [3.8, 4) is 11.5 Å². The van der Waals surface area contributed by atoms with E-state index in [4.69, 9.17) is 4.52 Å². The SMILES string of the molecule is CCC(C(=O)N1CCN(Cc2noc(-c3ccc(C)cc3)n2)CC1)c1ccccc1. The molecule has 0 spiro atoms. The molecule has 1 amide bonds. The van der Waals surface area contributed by atoms with E-state index in [1.165, 1.54) is 5.56 Å². The Bertz CT molecular complexity index is 960. The van der Waals surface area contributed by atoms with Crippen molar-refractivity contribution in [1.82, 2.24) is 19.9 Å². The molecule has 3 aromatic rings. The van der Waals surface area contributed by atoms with E-state index in [1.807, 2.05) is 59.5 Å². The van der Waals surface area contributed by atoms with Crippen molar-refractivity contribution in [2.75, 3.05) is 26.2 Å². The van der Waals surface area contributed by atoms with Gasteiger partial charge in [-0.05, 0) is 31.0 Å². The number of amides is 1. The number of aromatic nitrogens is 2. The molecule has 0 saturated carbocycles. The molecule has 1 aromatic heterocycles. The molecule has 1 aliphatic heterocycles. The average molecular weight is 405 g/mol. The van der Waals surface area contributed by atoms with E-state index in [9.17, 15) is 4.79 Å². The summed E-state index contributed by atoms with van der Waals surface area (Å²) in [6, 6.07) is 18.1. The number of carbonyl (C=O) groups is 1. The molecular weight excluding hydrogens is 376 g/mol. The van der Waals surface area contributed by atoms with E-state index < -0.39 is 0 Å². The lowest BCUT2D eigenvalue weighted by molar-refractivity contribution is -0.134. The van der Waals surface area contributed by atoms with E-state index in [1.54, 1.807) is 0 Å². The summed E-state index contributed by atoms with van der Waals surface area (Å²) in [6.45, 7) is 7.84. The molecule has 1 saturated heterocycles. The van der Waals surface area contributed by atoms with E-state index in [0.29, 0.717) is 18.3 Å². The van der Waals surface area contributed by atoms with Gasteiger partial charge >= 0.3 is 0 Å². The van der Waals surface area contributed by atoms with E-state index >= 15 is 0 Å². The first kappa shape index (κ1) is 20.3. The molecular formula is C24H28N4O2. The largest absolute Gasteiger partial charge is 0.340 e. The molecule has 156 valence electrons. The highest BCUT2D eigenvalue weighted by molar-refractivity contribution is 5.83. The minimum Gasteiger partial charge on any atom is -0.340 e. The lowest BCUT2D eigenvalue weighted by Crippen LogP contribution is -2.49. The molecule has 30 heavy (non-hydrogen) atoms. The van der Waals surface area contributed by atoms with Crippen molar-refractivity contribution in [3.05, 3.63) is 71.5 Å². The van der Waals surface area contributed by atoms with Crippen molar-refractivity contribution < 1.29 is 9.32 Å². The Balaban J connectivity index is 1.32. The van der Waals surface area contributed by atoms with E-state index in [2.05, 4.69) is 28.9 Å². The summed E-state index contributed by atoms with van der Waals surface area (Å²) in [7, 11) is 0. The van der Waals surface area contributed by atoms with Crippen molar-refractivity contribution >= 4 is 5.91 Å². The molecule has 2 aromatic carbocycles. The maximum absolute atomic E-state index is 13.0. The highest BCUT2D eigenvalue weighted by Crippen LogP contribution is 2.23. The summed E-state index contributed by atoms with van der Waals surface area (Å²) in [5, 5.41) is 4.14. The second kappa shape index (κ2) is 9.22. The molecule has 0 radical (unpaired) electrons. The Morgan fingerprint density at radius 3 is 2.40 bits per heavy atom. The number of piperazine rings is 1. The van der Waals surface area contributed by atoms with Gasteiger partial charge in [-0.2, -0.15) is 4.98 Å². The van der Waals surface area contributed by atoms with Gasteiger partial charge in [-0.1, -0.05) is 60.1 Å². The van der Waals surface area contributed by atoms with Gasteiger partial charge in [0.1, 0.15) is 0 Å². The zero-order valence-corrected chi connectivity index (χ0v) is 17.6. The fourth-order valence-corrected chi connectivity index (χ4v) is 3.92. The van der Waals surface area contributed by atoms with Gasteiger partial charge < -0.3 is 9.42 Å². The summed E-state index contributed by atoms with van der Waals surface area (Å²) >= 11 is 0. The Morgan fingerprint density at radius 2 is 1.73 bits per heavy atom. The molecule has 0 N–H and O–H groups in total. The first-order valence-electron chi connectivity index (χ1n) is 10.6. The highest BCUT2D eigenvalue weighted by atomic mass is 16.5. The molecule has 6 heteroatoms. The van der Waals surface area contributed by atoms with Crippen LogP contribution in [-0.2, 0) is 11.3 Å². The van der Waals surface area contributed by atoms with Gasteiger partial charge in [-0.3, -0.25) is 9.69 Å². The summed E-state index contributed by atoms with van der Waals surface area (Å²) in [5.41, 5.74) is 3.23. The van der Waals surface area contributed by atoms with Crippen LogP contribution in [0.25, 0.3) is 11.5 Å². The van der Waals surface area contributed by atoms with Crippen LogP contribution in [0.1, 0.15) is 36.2 Å². The fraction of sp³-hybridized carbons (Fsp3) is 0.375. The first-order chi connectivity index (χ1) is 14.6. The quantitative estimate of drug-likeness (QED) is 0.624. The van der Waals surface area contributed by atoms with Crippen molar-refractivity contribution in [1.29, 1.82) is 0 Å². The maximum atomic E-state index is 13.0. The van der Waals surface area contributed by atoms with Crippen molar-refractivity contribution in [3.63, 3.8) is 0 Å². The Labute approximate surface area is 177 Å². The maximum Gasteiger partial charge on any atom is 0.257 e. The van der Waals surface area contributed by atoms with Gasteiger partial charge in [0.05, 0.1) is 12.5 Å². The summed E-state index contributed by atoms with van der Waals surface area (Å²) in [6.07, 6.45) is 0.813. The third-order valence-electron chi connectivity index (χ3n) is 5.72. The highest BCUT2D eigenvalue weighted by Gasteiger charge is 2.28. The predicted octanol–water partition coefficient (Wildman–Crippen LogP) is 3.88. The molecule has 1 fully saturated rings. The minimum absolute atomic E-state index is 0.0629. The van der Waals surface area contributed by atoms with Gasteiger partial charge in [0, 0.05) is 31.7 Å². The van der Waals surface area contributed by atoms with Crippen LogP contribution in [0.2, 0.25) is 0 Å². The zero-order chi connectivity index (χ0) is 20.9. The monoisotopic (exact) mass is 404 g/mol. The molecule has 1 aliphatic rings. The minimum atomic E-state index is -0.0629. The van der Waals surface area contributed by atoms with Crippen LogP contribution in [0.3, 0.4) is 0 Å². The Hall–Kier alpha value is -2.99. The van der Waals surface area contributed by atoms with E-state index in [0.717, 1.165) is 43.7 Å². The second-order valence-electron chi connectivity index (χ2n) is 7.85. The third kappa shape index (κ3) is 4.60. The zero-order valence-electron chi connectivity index (χ0n) is 17.6. The van der Waals surface area contributed by atoms with Crippen LogP contribution in [-0.4, -0.2) is 52.0 Å². The third-order valence-corrected chi connectivity index (χ3v) is 5.72. The second-order valence-corrected chi connectivity index (χ2v) is 7.85. The number of aryl methyl sites for hydroxylation is 1. The Kier molecular flexibility index (Phi) is 6.23. The number of hydrogen-bond acceptors (Lipinski definition) is 5. The Morgan fingerprint density at radius 1 is 1.03 bits per heavy atom. The molecule has 1 unspecified atom stereocenters. The van der Waals surface area contributed by atoms with Gasteiger partial charge in [0.25, 0.3) is 5.89 Å². The summed E-state index contributed by atoms with van der Waals surface area (Å²) < 4.78 is 5.43. The van der Waals surface area contributed by atoms with Gasteiger partial charge in [0.15, 0.2) is 5.82 Å². The first-order valence-corrected chi connectivity index (χ1v) is 10.6. The standard InChI is InChI=1S/C24H28N4O2/c1-3-21(19-7-5-4-6-8-19)24(29)28-15-13-27(14-16-28)17-22-25-23(30-26-22)20-11-9-18(2)10-12-20/h4-12,21H,3,13-17H2,1-2H3. The van der Waals surface area contributed by atoms with Crippen LogP contribution in [0.15, 0.2) is 59.1 Å². The predicted molar refractivity (Wildman–Crippen MR) is 116 cm³/mol. The molecule has 0 bridgehead atoms. The summed E-state index contributed by atoms with van der Waals surface area (Å²) in [4.78, 5) is 21.9. The van der Waals surface area contributed by atoms with Crippen LogP contribution in [0.4, 0.5) is 0 Å². The van der Waals surface area contributed by atoms with E-state index in [-0.39, 0.29) is 11.8 Å². The number of hydrogen-bond donors (Lipinski definition) is 0.